The topological polar surface area (TPSA) is 66.3 Å². The van der Waals surface area contributed by atoms with Crippen molar-refractivity contribution in [3.05, 3.63) is 75.7 Å². The smallest absolute Gasteiger partial charge is 0.276 e. The first-order valence-electron chi connectivity index (χ1n) is 9.14. The highest BCUT2D eigenvalue weighted by molar-refractivity contribution is 9.10. The maximum Gasteiger partial charge on any atom is 0.276 e. The van der Waals surface area contributed by atoms with Crippen molar-refractivity contribution in [1.82, 2.24) is 10.3 Å². The van der Waals surface area contributed by atoms with Crippen molar-refractivity contribution in [2.24, 2.45) is 10.1 Å². The summed E-state index contributed by atoms with van der Waals surface area (Å²) in [5, 5.41) is 11.3. The third-order valence-electron chi connectivity index (χ3n) is 4.40. The van der Waals surface area contributed by atoms with Gasteiger partial charge in [0.05, 0.1) is 12.0 Å². The van der Waals surface area contributed by atoms with Crippen molar-refractivity contribution in [2.45, 2.75) is 13.1 Å². The molecule has 6 nitrogen and oxygen atoms in total. The molecule has 0 aromatic heterocycles. The number of para-hydroxylation sites is 1. The number of hydrogen-bond acceptors (Lipinski definition) is 6. The number of amides is 1. The van der Waals surface area contributed by atoms with Gasteiger partial charge in [-0.1, -0.05) is 52.0 Å². The molecule has 148 valence electrons. The molecule has 2 aliphatic rings. The lowest BCUT2D eigenvalue weighted by molar-refractivity contribution is -0.116. The number of benzene rings is 2. The third kappa shape index (κ3) is 3.82. The van der Waals surface area contributed by atoms with E-state index in [0.717, 1.165) is 20.6 Å². The largest absolute Gasteiger partial charge is 0.493 e. The Bertz CT molecular complexity index is 1130. The average Bonchev–Trinajstić information content (AvgIpc) is 2.73. The number of thioether (sulfide) groups is 1. The van der Waals surface area contributed by atoms with Gasteiger partial charge in [-0.25, -0.2) is 5.01 Å². The van der Waals surface area contributed by atoms with Crippen LogP contribution in [-0.2, 0) is 4.79 Å². The zero-order valence-corrected chi connectivity index (χ0v) is 18.2. The molecule has 0 radical (unpaired) electrons. The van der Waals surface area contributed by atoms with E-state index in [2.05, 4.69) is 27.8 Å². The predicted octanol–water partition coefficient (Wildman–Crippen LogP) is 2.91. The van der Waals surface area contributed by atoms with E-state index in [1.54, 1.807) is 11.1 Å². The fraction of sp³-hybridized carbons (Fsp3) is 0.190. The quantitative estimate of drug-likeness (QED) is 0.682. The second kappa shape index (κ2) is 8.42. The number of amidine groups is 1. The molecule has 0 spiro atoms. The first-order valence-corrected chi connectivity index (χ1v) is 10.9. The number of carbonyl (C=O) groups excluding carboxylic acids is 1. The molecule has 2 aliphatic heterocycles. The van der Waals surface area contributed by atoms with E-state index in [1.807, 2.05) is 49.4 Å². The Kier molecular flexibility index (Phi) is 5.73. The van der Waals surface area contributed by atoms with Gasteiger partial charge in [-0.2, -0.15) is 0 Å². The Labute approximate surface area is 181 Å². The van der Waals surface area contributed by atoms with Gasteiger partial charge in [0.25, 0.3) is 5.91 Å². The van der Waals surface area contributed by atoms with Crippen LogP contribution in [0.5, 0.6) is 5.75 Å². The lowest BCUT2D eigenvalue weighted by atomic mass is 10.1. The van der Waals surface area contributed by atoms with Gasteiger partial charge >= 0.3 is 0 Å². The molecule has 2 aromatic carbocycles. The molecule has 2 aromatic rings. The highest BCUT2D eigenvalue weighted by atomic mass is 79.9. The van der Waals surface area contributed by atoms with Gasteiger partial charge in [-0.15, -0.1) is 11.7 Å². The third-order valence-corrected chi connectivity index (χ3v) is 5.76. The van der Waals surface area contributed by atoms with Crippen LogP contribution in [0.3, 0.4) is 0 Å². The Morgan fingerprint density at radius 2 is 2.17 bits per heavy atom. The number of hydrogen-bond donors (Lipinski definition) is 1. The monoisotopic (exact) mass is 470 g/mol. The molecule has 0 fully saturated rings. The summed E-state index contributed by atoms with van der Waals surface area (Å²) in [5.74, 6) is 1.15. The van der Waals surface area contributed by atoms with E-state index in [9.17, 15) is 4.79 Å². The summed E-state index contributed by atoms with van der Waals surface area (Å²) in [6.07, 6.45) is 1.25. The number of carbonyl (C=O) groups is 1. The SMILES string of the molecule is C=CCSC1=NN2C(=c3ccccc3=N[C@@H]2c2cc(Br)ccc2OCC)C(=O)N1. The molecule has 1 atom stereocenters. The number of halogens is 1. The van der Waals surface area contributed by atoms with Gasteiger partial charge in [-0.05, 0) is 31.2 Å². The minimum absolute atomic E-state index is 0.202. The van der Waals surface area contributed by atoms with Crippen molar-refractivity contribution in [3.63, 3.8) is 0 Å². The number of nitrogens with one attached hydrogen (secondary N) is 1. The van der Waals surface area contributed by atoms with E-state index >= 15 is 0 Å². The molecule has 8 heteroatoms. The molecule has 0 bridgehead atoms. The molecule has 2 heterocycles. The zero-order chi connectivity index (χ0) is 20.4. The summed E-state index contributed by atoms with van der Waals surface area (Å²) < 4.78 is 6.75. The highest BCUT2D eigenvalue weighted by Gasteiger charge is 2.35. The first kappa shape index (κ1) is 19.7. The maximum atomic E-state index is 13.0. The number of ether oxygens (including phenoxy) is 1. The van der Waals surface area contributed by atoms with Crippen LogP contribution in [0.2, 0.25) is 0 Å². The maximum absolute atomic E-state index is 13.0. The Balaban J connectivity index is 1.93. The van der Waals surface area contributed by atoms with E-state index in [1.165, 1.54) is 11.8 Å². The van der Waals surface area contributed by atoms with Crippen molar-refractivity contribution < 1.29 is 9.53 Å². The molecule has 29 heavy (non-hydrogen) atoms. The molecule has 4 rings (SSSR count). The molecule has 1 amide bonds. The highest BCUT2D eigenvalue weighted by Crippen LogP contribution is 2.37. The zero-order valence-electron chi connectivity index (χ0n) is 15.8. The predicted molar refractivity (Wildman–Crippen MR) is 119 cm³/mol. The molecule has 0 saturated carbocycles. The summed E-state index contributed by atoms with van der Waals surface area (Å²) in [4.78, 5) is 17.9. The lowest BCUT2D eigenvalue weighted by Crippen LogP contribution is -2.50. The molecule has 0 aliphatic carbocycles. The number of hydrazone groups is 1. The summed E-state index contributed by atoms with van der Waals surface area (Å²) in [6.45, 7) is 6.20. The summed E-state index contributed by atoms with van der Waals surface area (Å²) in [5.41, 5.74) is 1.31. The van der Waals surface area contributed by atoms with Crippen LogP contribution in [0.25, 0.3) is 5.70 Å². The van der Waals surface area contributed by atoms with Crippen LogP contribution >= 0.6 is 27.7 Å². The number of nitrogens with zero attached hydrogens (tertiary/aromatic N) is 3. The van der Waals surface area contributed by atoms with Crippen LogP contribution in [0, 0.1) is 0 Å². The van der Waals surface area contributed by atoms with Crippen LogP contribution in [0.15, 0.2) is 69.7 Å². The minimum Gasteiger partial charge on any atom is -0.493 e. The second-order valence-corrected chi connectivity index (χ2v) is 8.21. The van der Waals surface area contributed by atoms with E-state index in [-0.39, 0.29) is 5.91 Å². The molecule has 0 saturated heterocycles. The van der Waals surface area contributed by atoms with E-state index < -0.39 is 6.17 Å². The van der Waals surface area contributed by atoms with Crippen LogP contribution in [0.4, 0.5) is 0 Å². The molecule has 1 N–H and O–H groups in total. The van der Waals surface area contributed by atoms with Crippen LogP contribution in [0.1, 0.15) is 18.7 Å². The normalized spacial score (nSPS) is 17.5. The summed E-state index contributed by atoms with van der Waals surface area (Å²) in [7, 11) is 0. The van der Waals surface area contributed by atoms with Crippen LogP contribution < -0.4 is 20.6 Å². The molecular weight excluding hydrogens is 452 g/mol. The van der Waals surface area contributed by atoms with E-state index in [0.29, 0.717) is 29.0 Å². The minimum atomic E-state index is -0.524. The Morgan fingerprint density at radius 1 is 1.34 bits per heavy atom. The second-order valence-electron chi connectivity index (χ2n) is 6.29. The average molecular weight is 471 g/mol. The van der Waals surface area contributed by atoms with Crippen molar-refractivity contribution in [2.75, 3.05) is 12.4 Å². The van der Waals surface area contributed by atoms with Gasteiger partial charge in [0.15, 0.2) is 11.3 Å². The number of rotatable bonds is 5. The number of fused-ring (bicyclic) bond motifs is 2. The van der Waals surface area contributed by atoms with E-state index in [4.69, 9.17) is 14.8 Å². The standard InChI is InChI=1S/C21H19BrN4O2S/c1-3-11-29-21-24-20(27)18-14-7-5-6-8-16(14)23-19(26(18)25-21)15-12-13(22)9-10-17(15)28-4-2/h3,5-10,12,19H,1,4,11H2,2H3,(H,24,25,27)/t19-/m0/s1. The van der Waals surface area contributed by atoms with Gasteiger partial charge in [0.2, 0.25) is 0 Å². The van der Waals surface area contributed by atoms with Crippen molar-refractivity contribution in [3.8, 4) is 5.75 Å². The molecular formula is C21H19BrN4O2S. The lowest BCUT2D eigenvalue weighted by Gasteiger charge is -2.34. The van der Waals surface area contributed by atoms with Crippen LogP contribution in [-0.4, -0.2) is 28.4 Å². The summed E-state index contributed by atoms with van der Waals surface area (Å²) >= 11 is 4.95. The summed E-state index contributed by atoms with van der Waals surface area (Å²) in [6, 6.07) is 13.4. The fourth-order valence-electron chi connectivity index (χ4n) is 3.24. The van der Waals surface area contributed by atoms with Crippen molar-refractivity contribution in [1.29, 1.82) is 0 Å². The molecule has 0 unspecified atom stereocenters. The Morgan fingerprint density at radius 3 is 2.97 bits per heavy atom. The van der Waals surface area contributed by atoms with Gasteiger partial charge in [0.1, 0.15) is 11.4 Å². The van der Waals surface area contributed by atoms with Crippen molar-refractivity contribution >= 4 is 44.5 Å². The van der Waals surface area contributed by atoms with Gasteiger partial charge < -0.3 is 4.74 Å². The fourth-order valence-corrected chi connectivity index (χ4v) is 4.21. The van der Waals surface area contributed by atoms with Gasteiger partial charge in [0, 0.05) is 21.0 Å². The Hall–Kier alpha value is -2.58. The van der Waals surface area contributed by atoms with Gasteiger partial charge in [-0.3, -0.25) is 15.1 Å². The first-order chi connectivity index (χ1) is 14.1.